The summed E-state index contributed by atoms with van der Waals surface area (Å²) in [5.74, 6) is -0.293. The van der Waals surface area contributed by atoms with Gasteiger partial charge >= 0.3 is 0 Å². The van der Waals surface area contributed by atoms with Gasteiger partial charge in [0, 0.05) is 12.6 Å². The summed E-state index contributed by atoms with van der Waals surface area (Å²) < 4.78 is 0. The predicted molar refractivity (Wildman–Crippen MR) is 43.5 cm³/mol. The Morgan fingerprint density at radius 2 is 2.25 bits per heavy atom. The number of aliphatic hydroxyl groups is 2. The van der Waals surface area contributed by atoms with Crippen LogP contribution in [0.1, 0.15) is 20.3 Å². The minimum Gasteiger partial charge on any atom is -0.391 e. The number of rotatable bonds is 1. The zero-order valence-electron chi connectivity index (χ0n) is 7.40. The number of hydrogen-bond acceptors (Lipinski definition) is 3. The van der Waals surface area contributed by atoms with Crippen LogP contribution in [0.4, 0.5) is 0 Å². The van der Waals surface area contributed by atoms with Crippen LogP contribution in [-0.4, -0.2) is 45.8 Å². The zero-order chi connectivity index (χ0) is 9.30. The van der Waals surface area contributed by atoms with Gasteiger partial charge in [0.25, 0.3) is 5.91 Å². The fraction of sp³-hybridized carbons (Fsp3) is 0.875. The van der Waals surface area contributed by atoms with E-state index in [2.05, 4.69) is 0 Å². The average molecular weight is 173 g/mol. The molecule has 0 spiro atoms. The van der Waals surface area contributed by atoms with Crippen molar-refractivity contribution in [1.82, 2.24) is 4.90 Å². The van der Waals surface area contributed by atoms with E-state index in [-0.39, 0.29) is 11.9 Å². The lowest BCUT2D eigenvalue weighted by Gasteiger charge is -2.22. The summed E-state index contributed by atoms with van der Waals surface area (Å²) in [7, 11) is 0. The highest BCUT2D eigenvalue weighted by Gasteiger charge is 2.32. The molecule has 0 bridgehead atoms. The Morgan fingerprint density at radius 3 is 2.58 bits per heavy atom. The summed E-state index contributed by atoms with van der Waals surface area (Å²) >= 11 is 0. The summed E-state index contributed by atoms with van der Waals surface area (Å²) in [6.07, 6.45) is -0.779. The molecule has 1 saturated heterocycles. The van der Waals surface area contributed by atoms with Crippen LogP contribution in [0.25, 0.3) is 0 Å². The van der Waals surface area contributed by atoms with Gasteiger partial charge in [0.2, 0.25) is 0 Å². The molecule has 70 valence electrons. The van der Waals surface area contributed by atoms with Gasteiger partial charge in [-0.1, -0.05) is 0 Å². The van der Waals surface area contributed by atoms with Crippen LogP contribution < -0.4 is 0 Å². The van der Waals surface area contributed by atoms with E-state index in [1.165, 1.54) is 11.8 Å². The normalized spacial score (nSPS) is 32.2. The molecule has 12 heavy (non-hydrogen) atoms. The smallest absolute Gasteiger partial charge is 0.251 e. The summed E-state index contributed by atoms with van der Waals surface area (Å²) in [4.78, 5) is 12.8. The van der Waals surface area contributed by atoms with Crippen LogP contribution in [-0.2, 0) is 4.79 Å². The molecule has 2 N–H and O–H groups in total. The van der Waals surface area contributed by atoms with Gasteiger partial charge in [-0.3, -0.25) is 4.79 Å². The SMILES string of the molecule is CC1CC(O)CN1C(=O)[C@@H](C)O. The lowest BCUT2D eigenvalue weighted by molar-refractivity contribution is -0.140. The highest BCUT2D eigenvalue weighted by molar-refractivity contribution is 5.80. The Kier molecular flexibility index (Phi) is 2.69. The van der Waals surface area contributed by atoms with Gasteiger partial charge in [0.15, 0.2) is 0 Å². The van der Waals surface area contributed by atoms with E-state index in [9.17, 15) is 9.90 Å². The Balaban J connectivity index is 2.58. The second-order valence-electron chi connectivity index (χ2n) is 3.41. The monoisotopic (exact) mass is 173 g/mol. The Labute approximate surface area is 71.8 Å². The standard InChI is InChI=1S/C8H15NO3/c1-5-3-7(11)4-9(5)8(12)6(2)10/h5-7,10-11H,3-4H2,1-2H3/t5?,6-,7?/m1/s1. The third-order valence-corrected chi connectivity index (χ3v) is 2.19. The van der Waals surface area contributed by atoms with Crippen molar-refractivity contribution in [1.29, 1.82) is 0 Å². The first kappa shape index (κ1) is 9.48. The van der Waals surface area contributed by atoms with Gasteiger partial charge in [0.05, 0.1) is 6.10 Å². The first-order valence-electron chi connectivity index (χ1n) is 4.19. The third-order valence-electron chi connectivity index (χ3n) is 2.19. The predicted octanol–water partition coefficient (Wildman–Crippen LogP) is -0.651. The lowest BCUT2D eigenvalue weighted by Crippen LogP contribution is -2.40. The van der Waals surface area contributed by atoms with Crippen LogP contribution in [0, 0.1) is 0 Å². The molecule has 1 heterocycles. The fourth-order valence-corrected chi connectivity index (χ4v) is 1.55. The summed E-state index contributed by atoms with van der Waals surface area (Å²) in [5, 5.41) is 18.2. The maximum Gasteiger partial charge on any atom is 0.251 e. The van der Waals surface area contributed by atoms with Gasteiger partial charge in [0.1, 0.15) is 6.10 Å². The molecule has 0 aliphatic carbocycles. The maximum absolute atomic E-state index is 11.3. The molecule has 1 fully saturated rings. The molecule has 0 aromatic carbocycles. The van der Waals surface area contributed by atoms with E-state index >= 15 is 0 Å². The highest BCUT2D eigenvalue weighted by atomic mass is 16.3. The quantitative estimate of drug-likeness (QED) is 0.554. The minimum absolute atomic E-state index is 0.0436. The van der Waals surface area contributed by atoms with E-state index in [4.69, 9.17) is 5.11 Å². The van der Waals surface area contributed by atoms with Crippen molar-refractivity contribution in [3.63, 3.8) is 0 Å². The minimum atomic E-state index is -0.960. The number of hydrogen-bond donors (Lipinski definition) is 2. The summed E-state index contributed by atoms with van der Waals surface area (Å²) in [6, 6.07) is 0.0436. The lowest BCUT2D eigenvalue weighted by atomic mass is 10.2. The van der Waals surface area contributed by atoms with Gasteiger partial charge in [-0.25, -0.2) is 0 Å². The molecule has 0 saturated carbocycles. The number of β-amino-alcohol motifs (C(OH)–C–C–N with tert-alkyl or cyclic N) is 1. The van der Waals surface area contributed by atoms with Crippen molar-refractivity contribution in [3.8, 4) is 0 Å². The molecule has 2 unspecified atom stereocenters. The molecule has 4 nitrogen and oxygen atoms in total. The summed E-state index contributed by atoms with van der Waals surface area (Å²) in [6.45, 7) is 3.67. The van der Waals surface area contributed by atoms with Crippen LogP contribution >= 0.6 is 0 Å². The van der Waals surface area contributed by atoms with Crippen LogP contribution in [0.2, 0.25) is 0 Å². The van der Waals surface area contributed by atoms with Crippen molar-refractivity contribution in [2.24, 2.45) is 0 Å². The molecule has 1 aliphatic heterocycles. The second kappa shape index (κ2) is 3.41. The molecule has 0 radical (unpaired) electrons. The van der Waals surface area contributed by atoms with Crippen molar-refractivity contribution in [2.45, 2.75) is 38.5 Å². The third kappa shape index (κ3) is 1.76. The summed E-state index contributed by atoms with van der Waals surface area (Å²) in [5.41, 5.74) is 0. The van der Waals surface area contributed by atoms with Crippen molar-refractivity contribution < 1.29 is 15.0 Å². The number of amides is 1. The van der Waals surface area contributed by atoms with E-state index in [1.54, 1.807) is 0 Å². The number of aliphatic hydroxyl groups excluding tert-OH is 2. The van der Waals surface area contributed by atoms with Gasteiger partial charge in [-0.15, -0.1) is 0 Å². The molecule has 0 aromatic rings. The first-order chi connectivity index (χ1) is 5.52. The number of nitrogens with zero attached hydrogens (tertiary/aromatic N) is 1. The Bertz CT molecular complexity index is 181. The number of carbonyl (C=O) groups excluding carboxylic acids is 1. The van der Waals surface area contributed by atoms with Gasteiger partial charge in [-0.2, -0.15) is 0 Å². The van der Waals surface area contributed by atoms with Crippen LogP contribution in [0.3, 0.4) is 0 Å². The number of carbonyl (C=O) groups is 1. The molecule has 0 aromatic heterocycles. The van der Waals surface area contributed by atoms with E-state index in [0.717, 1.165) is 0 Å². The molecule has 1 amide bonds. The van der Waals surface area contributed by atoms with Crippen LogP contribution in [0.5, 0.6) is 0 Å². The molecule has 3 atom stereocenters. The molecular formula is C8H15NO3. The second-order valence-corrected chi connectivity index (χ2v) is 3.41. The van der Waals surface area contributed by atoms with E-state index < -0.39 is 12.2 Å². The Hall–Kier alpha value is -0.610. The molecule has 4 heteroatoms. The topological polar surface area (TPSA) is 60.8 Å². The van der Waals surface area contributed by atoms with E-state index in [0.29, 0.717) is 13.0 Å². The van der Waals surface area contributed by atoms with Crippen LogP contribution in [0.15, 0.2) is 0 Å². The largest absolute Gasteiger partial charge is 0.391 e. The van der Waals surface area contributed by atoms with Crippen molar-refractivity contribution >= 4 is 5.91 Å². The van der Waals surface area contributed by atoms with Gasteiger partial charge < -0.3 is 15.1 Å². The first-order valence-corrected chi connectivity index (χ1v) is 4.19. The van der Waals surface area contributed by atoms with Crippen molar-refractivity contribution in [2.75, 3.05) is 6.54 Å². The molecular weight excluding hydrogens is 158 g/mol. The van der Waals surface area contributed by atoms with Crippen molar-refractivity contribution in [3.05, 3.63) is 0 Å². The Morgan fingerprint density at radius 1 is 1.67 bits per heavy atom. The highest BCUT2D eigenvalue weighted by Crippen LogP contribution is 2.17. The maximum atomic E-state index is 11.3. The van der Waals surface area contributed by atoms with E-state index in [1.807, 2.05) is 6.92 Å². The molecule has 1 rings (SSSR count). The van der Waals surface area contributed by atoms with Gasteiger partial charge in [-0.05, 0) is 20.3 Å². The molecule has 1 aliphatic rings. The number of likely N-dealkylation sites (tertiary alicyclic amines) is 1. The zero-order valence-corrected chi connectivity index (χ0v) is 7.40. The average Bonchev–Trinajstić information content (AvgIpc) is 2.28. The fourth-order valence-electron chi connectivity index (χ4n) is 1.55.